The van der Waals surface area contributed by atoms with Gasteiger partial charge in [-0.2, -0.15) is 0 Å². The van der Waals surface area contributed by atoms with Crippen molar-refractivity contribution in [1.82, 2.24) is 5.32 Å². The minimum atomic E-state index is -3.02. The lowest BCUT2D eigenvalue weighted by Crippen LogP contribution is -2.67. The van der Waals surface area contributed by atoms with Crippen LogP contribution in [0.2, 0.25) is 0 Å². The quantitative estimate of drug-likeness (QED) is 0.0645. The second kappa shape index (κ2) is 13.4. The molecule has 2 fully saturated rings. The lowest BCUT2D eigenvalue weighted by molar-refractivity contribution is -0.371. The van der Waals surface area contributed by atoms with E-state index in [1.54, 1.807) is 30.3 Å². The van der Waals surface area contributed by atoms with Gasteiger partial charge in [-0.1, -0.05) is 36.4 Å². The van der Waals surface area contributed by atoms with Crippen molar-refractivity contribution >= 4 is 29.7 Å². The number of benzene rings is 3. The molecule has 4 atom stereocenters. The Bertz CT molecular complexity index is 1830. The van der Waals surface area contributed by atoms with Gasteiger partial charge in [0.05, 0.1) is 18.3 Å². The molecule has 1 aliphatic carbocycles. The van der Waals surface area contributed by atoms with Gasteiger partial charge in [0.2, 0.25) is 12.1 Å². The SMILES string of the molecule is CC(=O)Oc1cc(CO)c2c(c1/C=C/c1ccccc1)C(=O)c1cc(O[C@H]3O[C@@H](C)[C@@H](O)C(O)(O)[C@H]3O)c(C3CCNCC3)c(O)c1C2=O. The normalized spacial score (nSPS) is 23.7. The monoisotopic (exact) mass is 675 g/mol. The molecule has 49 heavy (non-hydrogen) atoms. The summed E-state index contributed by atoms with van der Waals surface area (Å²) >= 11 is 0. The van der Waals surface area contributed by atoms with Gasteiger partial charge in [-0.05, 0) is 68.1 Å². The van der Waals surface area contributed by atoms with Gasteiger partial charge in [0.1, 0.15) is 23.4 Å². The third kappa shape index (κ3) is 6.15. The van der Waals surface area contributed by atoms with Gasteiger partial charge in [0.15, 0.2) is 17.7 Å². The first kappa shape index (κ1) is 34.4. The van der Waals surface area contributed by atoms with E-state index in [1.165, 1.54) is 32.1 Å². The van der Waals surface area contributed by atoms with Crippen molar-refractivity contribution in [2.24, 2.45) is 0 Å². The van der Waals surface area contributed by atoms with Crippen LogP contribution in [0.15, 0.2) is 42.5 Å². The van der Waals surface area contributed by atoms with Crippen molar-refractivity contribution in [2.45, 2.75) is 69.6 Å². The molecule has 0 unspecified atom stereocenters. The number of hydrogen-bond donors (Lipinski definition) is 7. The largest absolute Gasteiger partial charge is 0.507 e. The molecule has 0 radical (unpaired) electrons. The zero-order chi connectivity index (χ0) is 35.2. The second-order valence-corrected chi connectivity index (χ2v) is 12.4. The standard InChI is InChI=1S/C36H37NO12/c1-17-33(43)36(45,46)34(44)35(47-17)49-25-15-23-29(31(41)26(25)20-10-12-37-13-11-20)32(42)27-21(16-38)14-24(48-18(2)39)22(28(27)30(23)40)9-8-19-6-4-3-5-7-19/h3-9,14-15,17,20,33-35,37-38,41,43-46H,10-13,16H2,1-2H3/b9-8+/t17-,33+,34-,35+/m0/s1. The lowest BCUT2D eigenvalue weighted by Gasteiger charge is -2.44. The van der Waals surface area contributed by atoms with Gasteiger partial charge >= 0.3 is 5.97 Å². The molecule has 2 aliphatic heterocycles. The number of phenolic OH excluding ortho intramolecular Hbond substituents is 1. The van der Waals surface area contributed by atoms with Crippen molar-refractivity contribution in [3.63, 3.8) is 0 Å². The first-order valence-corrected chi connectivity index (χ1v) is 15.9. The number of aromatic hydroxyl groups is 1. The number of aliphatic hydroxyl groups excluding tert-OH is 3. The molecular formula is C36H37NO12. The number of ketones is 2. The molecule has 2 saturated heterocycles. The summed E-state index contributed by atoms with van der Waals surface area (Å²) in [6.45, 7) is 2.94. The van der Waals surface area contributed by atoms with E-state index in [-0.39, 0.29) is 50.4 Å². The van der Waals surface area contributed by atoms with Gasteiger partial charge in [-0.3, -0.25) is 14.4 Å². The topological polar surface area (TPSA) is 212 Å². The van der Waals surface area contributed by atoms with Crippen LogP contribution in [0.1, 0.15) is 86.7 Å². The minimum Gasteiger partial charge on any atom is -0.507 e. The van der Waals surface area contributed by atoms with E-state index in [9.17, 15) is 45.0 Å². The average molecular weight is 676 g/mol. The first-order valence-electron chi connectivity index (χ1n) is 15.9. The molecule has 6 rings (SSSR count). The summed E-state index contributed by atoms with van der Waals surface area (Å²) in [4.78, 5) is 41.1. The number of piperidine rings is 1. The number of phenols is 1. The van der Waals surface area contributed by atoms with Crippen molar-refractivity contribution in [2.75, 3.05) is 13.1 Å². The van der Waals surface area contributed by atoms with Crippen LogP contribution in [0, 0.1) is 0 Å². The summed E-state index contributed by atoms with van der Waals surface area (Å²) in [5.41, 5.74) is 0.0264. The van der Waals surface area contributed by atoms with E-state index < -0.39 is 66.2 Å². The summed E-state index contributed by atoms with van der Waals surface area (Å²) in [5.74, 6) is -6.42. The Kier molecular flexibility index (Phi) is 9.44. The number of carbonyl (C=O) groups excluding carboxylic acids is 3. The predicted molar refractivity (Wildman–Crippen MR) is 173 cm³/mol. The smallest absolute Gasteiger partial charge is 0.308 e. The third-order valence-corrected chi connectivity index (χ3v) is 9.22. The number of carbonyl (C=O) groups is 3. The van der Waals surface area contributed by atoms with Crippen molar-refractivity contribution in [3.05, 3.63) is 87.0 Å². The van der Waals surface area contributed by atoms with Crippen molar-refractivity contribution < 1.29 is 59.2 Å². The van der Waals surface area contributed by atoms with Crippen LogP contribution >= 0.6 is 0 Å². The fourth-order valence-corrected chi connectivity index (χ4v) is 6.72. The van der Waals surface area contributed by atoms with E-state index in [0.29, 0.717) is 25.9 Å². The summed E-state index contributed by atoms with van der Waals surface area (Å²) in [6.07, 6.45) is -2.86. The molecule has 0 saturated carbocycles. The molecule has 3 aliphatic rings. The summed E-state index contributed by atoms with van der Waals surface area (Å²) in [6, 6.07) is 11.6. The molecule has 0 bridgehead atoms. The van der Waals surface area contributed by atoms with Gasteiger partial charge in [-0.15, -0.1) is 0 Å². The number of rotatable bonds is 7. The van der Waals surface area contributed by atoms with Crippen LogP contribution in [0.5, 0.6) is 17.2 Å². The maximum atomic E-state index is 14.6. The number of hydrogen-bond acceptors (Lipinski definition) is 13. The molecule has 7 N–H and O–H groups in total. The molecule has 0 aromatic heterocycles. The molecule has 13 nitrogen and oxygen atoms in total. The Morgan fingerprint density at radius 3 is 2.33 bits per heavy atom. The maximum absolute atomic E-state index is 14.6. The van der Waals surface area contributed by atoms with Gasteiger partial charge in [0.25, 0.3) is 0 Å². The highest BCUT2D eigenvalue weighted by Gasteiger charge is 2.54. The van der Waals surface area contributed by atoms with Gasteiger partial charge < -0.3 is 50.2 Å². The Morgan fingerprint density at radius 2 is 1.67 bits per heavy atom. The maximum Gasteiger partial charge on any atom is 0.308 e. The number of ether oxygens (including phenoxy) is 3. The predicted octanol–water partition coefficient (Wildman–Crippen LogP) is 1.75. The van der Waals surface area contributed by atoms with E-state index in [4.69, 9.17) is 14.2 Å². The van der Waals surface area contributed by atoms with Crippen LogP contribution < -0.4 is 14.8 Å². The second-order valence-electron chi connectivity index (χ2n) is 12.4. The Hall–Kier alpha value is -4.47. The van der Waals surface area contributed by atoms with Crippen molar-refractivity contribution in [3.8, 4) is 17.2 Å². The molecule has 3 aromatic rings. The first-order chi connectivity index (χ1) is 23.3. The molecule has 13 heteroatoms. The van der Waals surface area contributed by atoms with Gasteiger partial charge in [-0.25, -0.2) is 0 Å². The van der Waals surface area contributed by atoms with Crippen LogP contribution in [-0.4, -0.2) is 91.7 Å². The van der Waals surface area contributed by atoms with Crippen LogP contribution in [0.3, 0.4) is 0 Å². The fourth-order valence-electron chi connectivity index (χ4n) is 6.72. The summed E-state index contributed by atoms with van der Waals surface area (Å²) in [7, 11) is 0. The zero-order valence-corrected chi connectivity index (χ0v) is 26.8. The number of esters is 1. The molecule has 0 amide bonds. The van der Waals surface area contributed by atoms with E-state index in [0.717, 1.165) is 5.56 Å². The highest BCUT2D eigenvalue weighted by molar-refractivity contribution is 6.31. The highest BCUT2D eigenvalue weighted by Crippen LogP contribution is 2.48. The van der Waals surface area contributed by atoms with E-state index in [2.05, 4.69) is 5.32 Å². The average Bonchev–Trinajstić information content (AvgIpc) is 3.08. The number of nitrogens with one attached hydrogen (secondary N) is 1. The Morgan fingerprint density at radius 1 is 0.980 bits per heavy atom. The van der Waals surface area contributed by atoms with Crippen molar-refractivity contribution in [1.29, 1.82) is 0 Å². The van der Waals surface area contributed by atoms with E-state index in [1.807, 2.05) is 6.07 Å². The molecule has 3 aromatic carbocycles. The molecule has 258 valence electrons. The summed E-state index contributed by atoms with van der Waals surface area (Å²) < 4.78 is 17.0. The van der Waals surface area contributed by atoms with Gasteiger partial charge in [0, 0.05) is 34.7 Å². The van der Waals surface area contributed by atoms with Crippen LogP contribution in [0.25, 0.3) is 12.2 Å². The molecular weight excluding hydrogens is 638 g/mol. The van der Waals surface area contributed by atoms with Crippen LogP contribution in [-0.2, 0) is 16.1 Å². The van der Waals surface area contributed by atoms with Crippen LogP contribution in [0.4, 0.5) is 0 Å². The zero-order valence-electron chi connectivity index (χ0n) is 26.8. The number of fused-ring (bicyclic) bond motifs is 2. The Labute approximate surface area is 281 Å². The third-order valence-electron chi connectivity index (χ3n) is 9.22. The Balaban J connectivity index is 1.56. The summed E-state index contributed by atoms with van der Waals surface area (Å²) in [5, 5.41) is 67.3. The van der Waals surface area contributed by atoms with E-state index >= 15 is 0 Å². The lowest BCUT2D eigenvalue weighted by atomic mass is 9.76. The fraction of sp³-hybridized carbons (Fsp3) is 0.361. The molecule has 0 spiro atoms. The highest BCUT2D eigenvalue weighted by atomic mass is 16.7. The molecule has 2 heterocycles. The minimum absolute atomic E-state index is 0.00348. The number of aliphatic hydroxyl groups is 5.